The van der Waals surface area contributed by atoms with Gasteiger partial charge in [0.25, 0.3) is 0 Å². The molecule has 220 valence electrons. The average Bonchev–Trinajstić information content (AvgIpc) is 2.89. The zero-order valence-corrected chi connectivity index (χ0v) is 22.7. The standard InChI is InChI=1S/C27H45N5O7/c1-27(35)14-37-26(21(34)24(27)31-2)39-23-18(29)11-17(28)22(20(23)33)38-25-19(30)10-16(13-36-25)12-32-9-8-15-6-4-3-5-7-15/h3-7,10,17-26,31-35H,8-9,11-14,28-30H2,1-2H3. The van der Waals surface area contributed by atoms with Gasteiger partial charge < -0.3 is 62.1 Å². The summed E-state index contributed by atoms with van der Waals surface area (Å²) in [5.74, 6) is 0. The van der Waals surface area contributed by atoms with E-state index < -0.39 is 66.8 Å². The maximum absolute atomic E-state index is 11.2. The summed E-state index contributed by atoms with van der Waals surface area (Å²) >= 11 is 0. The van der Waals surface area contributed by atoms with Crippen molar-refractivity contribution in [3.05, 3.63) is 47.5 Å². The van der Waals surface area contributed by atoms with Crippen molar-refractivity contribution >= 4 is 0 Å². The highest BCUT2D eigenvalue weighted by Crippen LogP contribution is 2.30. The van der Waals surface area contributed by atoms with E-state index >= 15 is 0 Å². The Balaban J connectivity index is 1.30. The monoisotopic (exact) mass is 551 g/mol. The zero-order valence-electron chi connectivity index (χ0n) is 22.7. The summed E-state index contributed by atoms with van der Waals surface area (Å²) in [6.07, 6.45) is -3.01. The van der Waals surface area contributed by atoms with Gasteiger partial charge in [-0.1, -0.05) is 36.4 Å². The van der Waals surface area contributed by atoms with Gasteiger partial charge in [0.2, 0.25) is 0 Å². The molecule has 0 aromatic heterocycles. The molecule has 39 heavy (non-hydrogen) atoms. The van der Waals surface area contributed by atoms with E-state index in [1.165, 1.54) is 5.56 Å². The molecule has 1 aromatic rings. The first-order chi connectivity index (χ1) is 18.6. The van der Waals surface area contributed by atoms with Gasteiger partial charge in [0.1, 0.15) is 30.0 Å². The largest absolute Gasteiger partial charge is 0.388 e. The molecular formula is C27H45N5O7. The Labute approximate surface area is 229 Å². The van der Waals surface area contributed by atoms with Crippen LogP contribution in [0.25, 0.3) is 0 Å². The van der Waals surface area contributed by atoms with Gasteiger partial charge in [-0.25, -0.2) is 0 Å². The van der Waals surface area contributed by atoms with Crippen LogP contribution in [0.2, 0.25) is 0 Å². The van der Waals surface area contributed by atoms with Gasteiger partial charge in [-0.15, -0.1) is 0 Å². The van der Waals surface area contributed by atoms with Crippen molar-refractivity contribution in [2.45, 2.75) is 86.5 Å². The second kappa shape index (κ2) is 13.4. The minimum Gasteiger partial charge on any atom is -0.388 e. The van der Waals surface area contributed by atoms with Crippen molar-refractivity contribution < 1.29 is 34.3 Å². The molecule has 1 aromatic carbocycles. The summed E-state index contributed by atoms with van der Waals surface area (Å²) in [6.45, 7) is 3.30. The van der Waals surface area contributed by atoms with Gasteiger partial charge in [0.15, 0.2) is 12.6 Å². The molecule has 11 atom stereocenters. The third-order valence-electron chi connectivity index (χ3n) is 7.75. The highest BCUT2D eigenvalue weighted by atomic mass is 16.7. The molecule has 1 saturated carbocycles. The Morgan fingerprint density at radius 2 is 1.67 bits per heavy atom. The number of nitrogens with two attached hydrogens (primary N) is 3. The number of nitrogens with one attached hydrogen (secondary N) is 2. The van der Waals surface area contributed by atoms with E-state index in [9.17, 15) is 15.3 Å². The van der Waals surface area contributed by atoms with E-state index in [0.717, 1.165) is 18.5 Å². The maximum Gasteiger partial charge on any atom is 0.185 e. The van der Waals surface area contributed by atoms with Crippen LogP contribution in [0.5, 0.6) is 0 Å². The Bertz CT molecular complexity index is 938. The number of hydrogen-bond acceptors (Lipinski definition) is 12. The van der Waals surface area contributed by atoms with Gasteiger partial charge in [-0.05, 0) is 44.5 Å². The summed E-state index contributed by atoms with van der Waals surface area (Å²) in [6, 6.07) is 7.79. The van der Waals surface area contributed by atoms with Gasteiger partial charge in [0, 0.05) is 18.6 Å². The summed E-state index contributed by atoms with van der Waals surface area (Å²) in [7, 11) is 1.63. The third-order valence-corrected chi connectivity index (χ3v) is 7.75. The highest BCUT2D eigenvalue weighted by molar-refractivity contribution is 5.16. The second-order valence-electron chi connectivity index (χ2n) is 11.0. The van der Waals surface area contributed by atoms with Crippen LogP contribution >= 0.6 is 0 Å². The van der Waals surface area contributed by atoms with Crippen LogP contribution in [0.1, 0.15) is 18.9 Å². The average molecular weight is 552 g/mol. The van der Waals surface area contributed by atoms with E-state index in [1.807, 2.05) is 24.3 Å². The van der Waals surface area contributed by atoms with Crippen molar-refractivity contribution in [3.63, 3.8) is 0 Å². The van der Waals surface area contributed by atoms with Crippen LogP contribution < -0.4 is 27.8 Å². The fourth-order valence-corrected chi connectivity index (χ4v) is 5.58. The summed E-state index contributed by atoms with van der Waals surface area (Å²) in [4.78, 5) is 0. The molecule has 0 amide bonds. The quantitative estimate of drug-likeness (QED) is 0.114. The number of rotatable bonds is 10. The van der Waals surface area contributed by atoms with Crippen LogP contribution in [0.3, 0.4) is 0 Å². The lowest BCUT2D eigenvalue weighted by Gasteiger charge is -2.48. The van der Waals surface area contributed by atoms with Crippen LogP contribution in [-0.2, 0) is 25.4 Å². The molecule has 0 bridgehead atoms. The molecule has 2 aliphatic heterocycles. The molecule has 0 radical (unpaired) electrons. The number of ether oxygens (including phenoxy) is 4. The molecule has 1 saturated heterocycles. The van der Waals surface area contributed by atoms with E-state index in [-0.39, 0.29) is 6.61 Å². The SMILES string of the molecule is CNC1C(O)C(OC2C(N)CC(N)C(OC3OCC(CNCCc4ccccc4)=CC3N)C2O)OCC1(C)O. The third kappa shape index (κ3) is 7.41. The summed E-state index contributed by atoms with van der Waals surface area (Å²) in [5.41, 5.74) is 19.9. The van der Waals surface area contributed by atoms with Crippen LogP contribution in [0.4, 0.5) is 0 Å². The molecule has 3 aliphatic rings. The maximum atomic E-state index is 11.2. The zero-order chi connectivity index (χ0) is 28.2. The number of aliphatic hydroxyl groups excluding tert-OH is 2. The number of aliphatic hydroxyl groups is 3. The molecule has 2 fully saturated rings. The van der Waals surface area contributed by atoms with Crippen LogP contribution in [0, 0.1) is 0 Å². The molecule has 2 heterocycles. The Morgan fingerprint density at radius 1 is 1.00 bits per heavy atom. The van der Waals surface area contributed by atoms with Gasteiger partial charge in [-0.3, -0.25) is 0 Å². The molecule has 0 spiro atoms. The van der Waals surface area contributed by atoms with Crippen LogP contribution in [0.15, 0.2) is 42.0 Å². The number of likely N-dealkylation sites (N-methyl/N-ethyl adjacent to an activating group) is 1. The van der Waals surface area contributed by atoms with E-state index in [0.29, 0.717) is 19.6 Å². The minimum atomic E-state index is -1.30. The first-order valence-corrected chi connectivity index (χ1v) is 13.6. The van der Waals surface area contributed by atoms with Crippen molar-refractivity contribution in [2.75, 3.05) is 33.4 Å². The van der Waals surface area contributed by atoms with Crippen molar-refractivity contribution in [1.29, 1.82) is 0 Å². The summed E-state index contributed by atoms with van der Waals surface area (Å²) in [5, 5.41) is 38.7. The second-order valence-corrected chi connectivity index (χ2v) is 11.0. The molecule has 12 nitrogen and oxygen atoms in total. The first kappa shape index (κ1) is 30.4. The highest BCUT2D eigenvalue weighted by Gasteiger charge is 2.50. The van der Waals surface area contributed by atoms with Crippen LogP contribution in [-0.4, -0.2) is 115 Å². The minimum absolute atomic E-state index is 0.0712. The number of hydrogen-bond donors (Lipinski definition) is 8. The molecular weight excluding hydrogens is 506 g/mol. The number of benzene rings is 1. The van der Waals surface area contributed by atoms with Crippen molar-refractivity contribution in [1.82, 2.24) is 10.6 Å². The lowest BCUT2D eigenvalue weighted by molar-refractivity contribution is -0.303. The molecule has 1 aliphatic carbocycles. The van der Waals surface area contributed by atoms with E-state index in [2.05, 4.69) is 22.8 Å². The summed E-state index contributed by atoms with van der Waals surface area (Å²) < 4.78 is 23.5. The molecule has 12 heteroatoms. The Hall–Kier alpha value is -1.52. The molecule has 11 unspecified atom stereocenters. The smallest absolute Gasteiger partial charge is 0.185 e. The van der Waals surface area contributed by atoms with Gasteiger partial charge in [-0.2, -0.15) is 0 Å². The fraction of sp³-hybridized carbons (Fsp3) is 0.704. The lowest BCUT2D eigenvalue weighted by atomic mass is 9.84. The van der Waals surface area contributed by atoms with Gasteiger partial charge >= 0.3 is 0 Å². The predicted molar refractivity (Wildman–Crippen MR) is 144 cm³/mol. The fourth-order valence-electron chi connectivity index (χ4n) is 5.58. The van der Waals surface area contributed by atoms with Gasteiger partial charge in [0.05, 0.1) is 25.3 Å². The van der Waals surface area contributed by atoms with Crippen molar-refractivity contribution in [2.24, 2.45) is 17.2 Å². The predicted octanol–water partition coefficient (Wildman–Crippen LogP) is -2.33. The van der Waals surface area contributed by atoms with Crippen molar-refractivity contribution in [3.8, 4) is 0 Å². The normalized spacial score (nSPS) is 41.3. The topological polar surface area (TPSA) is 200 Å². The molecule has 11 N–H and O–H groups in total. The van der Waals surface area contributed by atoms with E-state index in [1.54, 1.807) is 14.0 Å². The van der Waals surface area contributed by atoms with E-state index in [4.69, 9.17) is 36.1 Å². The Morgan fingerprint density at radius 3 is 2.31 bits per heavy atom. The lowest BCUT2D eigenvalue weighted by Crippen LogP contribution is -2.68. The first-order valence-electron chi connectivity index (χ1n) is 13.6. The Kier molecular flexibility index (Phi) is 10.5. The molecule has 4 rings (SSSR count).